The van der Waals surface area contributed by atoms with Gasteiger partial charge in [0.1, 0.15) is 0 Å². The first kappa shape index (κ1) is 16.0. The highest BCUT2D eigenvalue weighted by Gasteiger charge is 2.23. The zero-order valence-electron chi connectivity index (χ0n) is 12.2. The molecule has 3 amide bonds. The molecule has 110 valence electrons. The maximum absolute atomic E-state index is 11.8. The molecule has 19 heavy (non-hydrogen) atoms. The molecule has 1 unspecified atom stereocenters. The maximum Gasteiger partial charge on any atom is 0.321 e. The lowest BCUT2D eigenvalue weighted by molar-refractivity contribution is -0.122. The first-order valence-corrected chi connectivity index (χ1v) is 7.49. The van der Waals surface area contributed by atoms with E-state index in [1.165, 1.54) is 6.42 Å². The van der Waals surface area contributed by atoms with Crippen molar-refractivity contribution in [2.24, 2.45) is 0 Å². The Morgan fingerprint density at radius 3 is 2.74 bits per heavy atom. The molecule has 1 aliphatic heterocycles. The quantitative estimate of drug-likeness (QED) is 0.724. The highest BCUT2D eigenvalue weighted by molar-refractivity contribution is 5.95. The second-order valence-corrected chi connectivity index (χ2v) is 5.19. The Labute approximate surface area is 116 Å². The Kier molecular flexibility index (Phi) is 7.48. The summed E-state index contributed by atoms with van der Waals surface area (Å²) in [5.41, 5.74) is 0. The van der Waals surface area contributed by atoms with Gasteiger partial charge in [-0.3, -0.25) is 15.0 Å². The van der Waals surface area contributed by atoms with Gasteiger partial charge in [-0.05, 0) is 32.2 Å². The third-order valence-electron chi connectivity index (χ3n) is 3.64. The van der Waals surface area contributed by atoms with Gasteiger partial charge < -0.3 is 5.32 Å². The van der Waals surface area contributed by atoms with E-state index < -0.39 is 0 Å². The molecule has 1 rings (SSSR count). The number of carbonyl (C=O) groups excluding carboxylic acids is 2. The van der Waals surface area contributed by atoms with Crippen LogP contribution >= 0.6 is 0 Å². The smallest absolute Gasteiger partial charge is 0.321 e. The third kappa shape index (κ3) is 6.05. The number of amides is 3. The molecule has 1 aliphatic rings. The SMILES string of the molecule is CCCCNC(=O)NC(=O)CN1CCCCC1CC. The zero-order valence-corrected chi connectivity index (χ0v) is 12.2. The van der Waals surface area contributed by atoms with Crippen molar-refractivity contribution in [1.82, 2.24) is 15.5 Å². The summed E-state index contributed by atoms with van der Waals surface area (Å²) in [5, 5.41) is 5.09. The van der Waals surface area contributed by atoms with Crippen LogP contribution in [0.5, 0.6) is 0 Å². The van der Waals surface area contributed by atoms with Gasteiger partial charge >= 0.3 is 6.03 Å². The molecule has 1 fully saturated rings. The van der Waals surface area contributed by atoms with Crippen LogP contribution in [0.1, 0.15) is 52.4 Å². The van der Waals surface area contributed by atoms with Gasteiger partial charge in [-0.2, -0.15) is 0 Å². The third-order valence-corrected chi connectivity index (χ3v) is 3.64. The summed E-state index contributed by atoms with van der Waals surface area (Å²) < 4.78 is 0. The molecule has 5 nitrogen and oxygen atoms in total. The molecule has 0 saturated carbocycles. The number of likely N-dealkylation sites (tertiary alicyclic amines) is 1. The van der Waals surface area contributed by atoms with Gasteiger partial charge in [-0.15, -0.1) is 0 Å². The van der Waals surface area contributed by atoms with Gasteiger partial charge in [0, 0.05) is 12.6 Å². The van der Waals surface area contributed by atoms with Crippen molar-refractivity contribution >= 4 is 11.9 Å². The van der Waals surface area contributed by atoms with Crippen molar-refractivity contribution in [3.05, 3.63) is 0 Å². The van der Waals surface area contributed by atoms with Gasteiger partial charge in [0.15, 0.2) is 0 Å². The van der Waals surface area contributed by atoms with Crippen LogP contribution in [-0.4, -0.2) is 42.5 Å². The van der Waals surface area contributed by atoms with Crippen LogP contribution in [0, 0.1) is 0 Å². The molecule has 2 N–H and O–H groups in total. The molecule has 1 saturated heterocycles. The van der Waals surface area contributed by atoms with Crippen LogP contribution in [0.2, 0.25) is 0 Å². The lowest BCUT2D eigenvalue weighted by Gasteiger charge is -2.34. The number of carbonyl (C=O) groups is 2. The minimum atomic E-state index is -0.372. The summed E-state index contributed by atoms with van der Waals surface area (Å²) in [5.74, 6) is -0.200. The van der Waals surface area contributed by atoms with Crippen LogP contribution in [0.3, 0.4) is 0 Å². The van der Waals surface area contributed by atoms with Gasteiger partial charge in [0.25, 0.3) is 0 Å². The fourth-order valence-electron chi connectivity index (χ4n) is 2.50. The second-order valence-electron chi connectivity index (χ2n) is 5.19. The minimum Gasteiger partial charge on any atom is -0.338 e. The predicted octanol–water partition coefficient (Wildman–Crippen LogP) is 1.88. The summed E-state index contributed by atoms with van der Waals surface area (Å²) in [6, 6.07) is 0.117. The highest BCUT2D eigenvalue weighted by Crippen LogP contribution is 2.18. The normalized spacial score (nSPS) is 20.0. The standard InChI is InChI=1S/C14H27N3O2/c1-3-5-9-15-14(19)16-13(18)11-17-10-7-6-8-12(17)4-2/h12H,3-11H2,1-2H3,(H2,15,16,18,19). The summed E-state index contributed by atoms with van der Waals surface area (Å²) in [7, 11) is 0. The van der Waals surface area contributed by atoms with E-state index in [9.17, 15) is 9.59 Å². The summed E-state index contributed by atoms with van der Waals surface area (Å²) in [4.78, 5) is 25.5. The highest BCUT2D eigenvalue weighted by atomic mass is 16.2. The molecular formula is C14H27N3O2. The molecule has 0 aromatic rings. The second kappa shape index (κ2) is 8.91. The van der Waals surface area contributed by atoms with E-state index in [1.807, 2.05) is 0 Å². The van der Waals surface area contributed by atoms with Crippen molar-refractivity contribution in [2.75, 3.05) is 19.6 Å². The molecule has 5 heteroatoms. The molecule has 1 heterocycles. The average Bonchev–Trinajstić information content (AvgIpc) is 2.39. The molecule has 0 aromatic carbocycles. The number of urea groups is 1. The van der Waals surface area contributed by atoms with Crippen molar-refractivity contribution in [1.29, 1.82) is 0 Å². The average molecular weight is 269 g/mol. The molecule has 0 spiro atoms. The number of nitrogens with zero attached hydrogens (tertiary/aromatic N) is 1. The van der Waals surface area contributed by atoms with Crippen LogP contribution in [0.15, 0.2) is 0 Å². The van der Waals surface area contributed by atoms with Crippen molar-refractivity contribution < 1.29 is 9.59 Å². The van der Waals surface area contributed by atoms with E-state index >= 15 is 0 Å². The van der Waals surface area contributed by atoms with E-state index in [4.69, 9.17) is 0 Å². The molecule has 0 aromatic heterocycles. The van der Waals surface area contributed by atoms with Crippen molar-refractivity contribution in [2.45, 2.75) is 58.4 Å². The number of hydrogen-bond donors (Lipinski definition) is 2. The Morgan fingerprint density at radius 1 is 1.26 bits per heavy atom. The Hall–Kier alpha value is -1.10. The fourth-order valence-corrected chi connectivity index (χ4v) is 2.50. The van der Waals surface area contributed by atoms with E-state index in [-0.39, 0.29) is 11.9 Å². The number of hydrogen-bond acceptors (Lipinski definition) is 3. The number of rotatable bonds is 6. The van der Waals surface area contributed by atoms with Crippen LogP contribution in [0.25, 0.3) is 0 Å². The predicted molar refractivity (Wildman–Crippen MR) is 76.0 cm³/mol. The summed E-state index contributed by atoms with van der Waals surface area (Å²) in [6.45, 7) is 6.13. The van der Waals surface area contributed by atoms with Crippen LogP contribution < -0.4 is 10.6 Å². The van der Waals surface area contributed by atoms with E-state index in [2.05, 4.69) is 29.4 Å². The molecule has 0 bridgehead atoms. The molecular weight excluding hydrogens is 242 g/mol. The van der Waals surface area contributed by atoms with Crippen LogP contribution in [-0.2, 0) is 4.79 Å². The zero-order chi connectivity index (χ0) is 14.1. The van der Waals surface area contributed by atoms with Crippen molar-refractivity contribution in [3.63, 3.8) is 0 Å². The molecule has 0 radical (unpaired) electrons. The lowest BCUT2D eigenvalue weighted by atomic mass is 10.0. The van der Waals surface area contributed by atoms with E-state index in [1.54, 1.807) is 0 Å². The molecule has 0 aliphatic carbocycles. The summed E-state index contributed by atoms with van der Waals surface area (Å²) in [6.07, 6.45) is 6.58. The van der Waals surface area contributed by atoms with Gasteiger partial charge in [-0.1, -0.05) is 26.7 Å². The first-order valence-electron chi connectivity index (χ1n) is 7.49. The van der Waals surface area contributed by atoms with E-state index in [0.29, 0.717) is 19.1 Å². The summed E-state index contributed by atoms with van der Waals surface area (Å²) >= 11 is 0. The Balaban J connectivity index is 2.27. The number of piperidine rings is 1. The lowest BCUT2D eigenvalue weighted by Crippen LogP contribution is -2.48. The van der Waals surface area contributed by atoms with Gasteiger partial charge in [0.05, 0.1) is 6.54 Å². The Bertz CT molecular complexity index is 294. The number of imide groups is 1. The van der Waals surface area contributed by atoms with Gasteiger partial charge in [-0.25, -0.2) is 4.79 Å². The minimum absolute atomic E-state index is 0.200. The van der Waals surface area contributed by atoms with E-state index in [0.717, 1.165) is 38.6 Å². The first-order chi connectivity index (χ1) is 9.17. The van der Waals surface area contributed by atoms with Crippen LogP contribution in [0.4, 0.5) is 4.79 Å². The molecule has 1 atom stereocenters. The fraction of sp³-hybridized carbons (Fsp3) is 0.857. The topological polar surface area (TPSA) is 61.4 Å². The Morgan fingerprint density at radius 2 is 2.05 bits per heavy atom. The largest absolute Gasteiger partial charge is 0.338 e. The maximum atomic E-state index is 11.8. The number of unbranched alkanes of at least 4 members (excludes halogenated alkanes) is 1. The number of nitrogens with one attached hydrogen (secondary N) is 2. The van der Waals surface area contributed by atoms with Crippen molar-refractivity contribution in [3.8, 4) is 0 Å². The monoisotopic (exact) mass is 269 g/mol. The van der Waals surface area contributed by atoms with Gasteiger partial charge in [0.2, 0.25) is 5.91 Å².